The number of carbonyl (C=O) groups excluding carboxylic acids is 1. The molecule has 1 amide bonds. The van der Waals surface area contributed by atoms with E-state index in [1.807, 2.05) is 31.0 Å². The first-order valence-electron chi connectivity index (χ1n) is 8.32. The first-order valence-corrected chi connectivity index (χ1v) is 8.32. The number of nitrogens with two attached hydrogens (primary N) is 1. The molecule has 0 saturated heterocycles. The van der Waals surface area contributed by atoms with Crippen LogP contribution in [-0.4, -0.2) is 55.6 Å². The SMILES string of the molecule is CCC(=O)N(C)CC[N+](C)(CC)CCCc1ccc(N)cc1. The van der Waals surface area contributed by atoms with Crippen molar-refractivity contribution < 1.29 is 9.28 Å². The molecule has 0 fully saturated rings. The number of benzene rings is 1. The van der Waals surface area contributed by atoms with Gasteiger partial charge in [0, 0.05) is 25.6 Å². The Morgan fingerprint density at radius 3 is 2.36 bits per heavy atom. The van der Waals surface area contributed by atoms with Crippen LogP contribution in [0.4, 0.5) is 5.69 Å². The van der Waals surface area contributed by atoms with Gasteiger partial charge in [-0.05, 0) is 31.0 Å². The lowest BCUT2D eigenvalue weighted by Crippen LogP contribution is -2.49. The molecule has 0 saturated carbocycles. The van der Waals surface area contributed by atoms with Gasteiger partial charge in [0.1, 0.15) is 0 Å². The molecule has 0 aliphatic rings. The number of likely N-dealkylation sites (N-methyl/N-ethyl adjacent to an activating group) is 2. The van der Waals surface area contributed by atoms with Crippen molar-refractivity contribution in [2.75, 3.05) is 46.0 Å². The summed E-state index contributed by atoms with van der Waals surface area (Å²) in [5.74, 6) is 0.226. The molecule has 0 aromatic heterocycles. The van der Waals surface area contributed by atoms with E-state index in [1.165, 1.54) is 5.56 Å². The van der Waals surface area contributed by atoms with Crippen molar-refractivity contribution in [2.24, 2.45) is 0 Å². The van der Waals surface area contributed by atoms with Gasteiger partial charge >= 0.3 is 0 Å². The highest BCUT2D eigenvalue weighted by Gasteiger charge is 2.20. The summed E-state index contributed by atoms with van der Waals surface area (Å²) < 4.78 is 1.01. The van der Waals surface area contributed by atoms with Gasteiger partial charge in [-0.15, -0.1) is 0 Å². The number of carbonyl (C=O) groups is 1. The monoisotopic (exact) mass is 306 g/mol. The van der Waals surface area contributed by atoms with E-state index in [0.29, 0.717) is 6.42 Å². The topological polar surface area (TPSA) is 46.3 Å². The van der Waals surface area contributed by atoms with E-state index in [0.717, 1.165) is 49.2 Å². The van der Waals surface area contributed by atoms with Crippen LogP contribution >= 0.6 is 0 Å². The van der Waals surface area contributed by atoms with Gasteiger partial charge in [-0.1, -0.05) is 19.1 Å². The average Bonchev–Trinajstić information content (AvgIpc) is 2.53. The quantitative estimate of drug-likeness (QED) is 0.563. The van der Waals surface area contributed by atoms with Gasteiger partial charge in [0.05, 0.1) is 33.2 Å². The van der Waals surface area contributed by atoms with Crippen molar-refractivity contribution in [3.63, 3.8) is 0 Å². The molecule has 1 atom stereocenters. The predicted octanol–water partition coefficient (Wildman–Crippen LogP) is 2.54. The molecule has 1 rings (SSSR count). The van der Waals surface area contributed by atoms with Gasteiger partial charge in [-0.3, -0.25) is 4.79 Å². The molecule has 1 aromatic carbocycles. The van der Waals surface area contributed by atoms with E-state index in [9.17, 15) is 4.79 Å². The van der Waals surface area contributed by atoms with Crippen LogP contribution in [0.3, 0.4) is 0 Å². The third-order valence-electron chi connectivity index (χ3n) is 4.61. The first-order chi connectivity index (χ1) is 10.4. The van der Waals surface area contributed by atoms with Crippen molar-refractivity contribution in [3.05, 3.63) is 29.8 Å². The van der Waals surface area contributed by atoms with Gasteiger partial charge in [0.2, 0.25) is 5.91 Å². The summed E-state index contributed by atoms with van der Waals surface area (Å²) in [6.45, 7) is 8.22. The molecule has 0 spiro atoms. The summed E-state index contributed by atoms with van der Waals surface area (Å²) in [6.07, 6.45) is 2.82. The third kappa shape index (κ3) is 6.06. The Labute approximate surface area is 135 Å². The molecule has 0 aliphatic heterocycles. The molecule has 0 radical (unpaired) electrons. The number of amides is 1. The van der Waals surface area contributed by atoms with E-state index in [4.69, 9.17) is 5.73 Å². The van der Waals surface area contributed by atoms with Crippen molar-refractivity contribution in [3.8, 4) is 0 Å². The molecule has 0 aliphatic carbocycles. The number of aryl methyl sites for hydroxylation is 1. The normalized spacial score (nSPS) is 13.6. The Bertz CT molecular complexity index is 458. The van der Waals surface area contributed by atoms with Crippen LogP contribution in [-0.2, 0) is 11.2 Å². The molecule has 1 unspecified atom stereocenters. The Hall–Kier alpha value is -1.55. The highest BCUT2D eigenvalue weighted by Crippen LogP contribution is 2.11. The maximum Gasteiger partial charge on any atom is 0.222 e. The van der Waals surface area contributed by atoms with Gasteiger partial charge in [0.15, 0.2) is 0 Å². The first kappa shape index (κ1) is 18.5. The maximum absolute atomic E-state index is 11.7. The van der Waals surface area contributed by atoms with Gasteiger partial charge < -0.3 is 15.1 Å². The number of hydrogen-bond acceptors (Lipinski definition) is 2. The lowest BCUT2D eigenvalue weighted by Gasteiger charge is -2.35. The minimum absolute atomic E-state index is 0.226. The second-order valence-electron chi connectivity index (χ2n) is 6.40. The second-order valence-corrected chi connectivity index (χ2v) is 6.40. The number of anilines is 1. The lowest BCUT2D eigenvalue weighted by atomic mass is 10.1. The molecule has 22 heavy (non-hydrogen) atoms. The molecule has 0 heterocycles. The van der Waals surface area contributed by atoms with Crippen LogP contribution in [0, 0.1) is 0 Å². The van der Waals surface area contributed by atoms with Crippen molar-refractivity contribution >= 4 is 11.6 Å². The average molecular weight is 306 g/mol. The molecule has 124 valence electrons. The summed E-state index contributed by atoms with van der Waals surface area (Å²) in [7, 11) is 4.19. The van der Waals surface area contributed by atoms with Gasteiger partial charge in [0.25, 0.3) is 0 Å². The van der Waals surface area contributed by atoms with Crippen LogP contribution < -0.4 is 5.73 Å². The number of hydrogen-bond donors (Lipinski definition) is 1. The second kappa shape index (κ2) is 8.79. The summed E-state index contributed by atoms with van der Waals surface area (Å²) in [5, 5.41) is 0. The van der Waals surface area contributed by atoms with Crippen molar-refractivity contribution in [2.45, 2.75) is 33.1 Å². The highest BCUT2D eigenvalue weighted by molar-refractivity contribution is 5.75. The zero-order chi connectivity index (χ0) is 16.6. The summed E-state index contributed by atoms with van der Waals surface area (Å²) in [5.41, 5.74) is 7.88. The van der Waals surface area contributed by atoms with E-state index in [-0.39, 0.29) is 5.91 Å². The number of nitrogen functional groups attached to an aromatic ring is 1. The Morgan fingerprint density at radius 1 is 1.18 bits per heavy atom. The summed E-state index contributed by atoms with van der Waals surface area (Å²) in [6, 6.07) is 8.15. The zero-order valence-corrected chi connectivity index (χ0v) is 14.6. The molecular weight excluding hydrogens is 274 g/mol. The largest absolute Gasteiger partial charge is 0.399 e. The Balaban J connectivity index is 2.41. The fourth-order valence-electron chi connectivity index (χ4n) is 2.56. The number of nitrogens with zero attached hydrogens (tertiary/aromatic N) is 2. The maximum atomic E-state index is 11.7. The minimum atomic E-state index is 0.226. The Morgan fingerprint density at radius 2 is 1.82 bits per heavy atom. The molecule has 2 N–H and O–H groups in total. The van der Waals surface area contributed by atoms with Crippen molar-refractivity contribution in [1.82, 2.24) is 4.90 Å². The third-order valence-corrected chi connectivity index (χ3v) is 4.61. The van der Waals surface area contributed by atoms with Crippen LogP contribution in [0.2, 0.25) is 0 Å². The number of quaternary nitrogens is 1. The van der Waals surface area contributed by atoms with Crippen LogP contribution in [0.1, 0.15) is 32.3 Å². The fourth-order valence-corrected chi connectivity index (χ4v) is 2.56. The molecule has 0 bridgehead atoms. The standard InChI is InChI=1S/C18H32N3O/c1-5-18(22)20(3)13-15-21(4,6-2)14-7-8-16-9-11-17(19)12-10-16/h9-12H,5-8,13-15,19H2,1-4H3/q+1. The summed E-state index contributed by atoms with van der Waals surface area (Å²) >= 11 is 0. The predicted molar refractivity (Wildman–Crippen MR) is 93.6 cm³/mol. The van der Waals surface area contributed by atoms with Crippen LogP contribution in [0.25, 0.3) is 0 Å². The Kier molecular flexibility index (Phi) is 7.39. The molecule has 4 heteroatoms. The van der Waals surface area contributed by atoms with Crippen LogP contribution in [0.15, 0.2) is 24.3 Å². The smallest absolute Gasteiger partial charge is 0.222 e. The van der Waals surface area contributed by atoms with E-state index < -0.39 is 0 Å². The molecular formula is C18H32N3O+. The highest BCUT2D eigenvalue weighted by atomic mass is 16.2. The molecule has 4 nitrogen and oxygen atoms in total. The molecule has 1 aromatic rings. The number of rotatable bonds is 9. The zero-order valence-electron chi connectivity index (χ0n) is 14.6. The minimum Gasteiger partial charge on any atom is -0.399 e. The van der Waals surface area contributed by atoms with Crippen molar-refractivity contribution in [1.29, 1.82) is 0 Å². The van der Waals surface area contributed by atoms with Gasteiger partial charge in [-0.2, -0.15) is 0 Å². The summed E-state index contributed by atoms with van der Waals surface area (Å²) in [4.78, 5) is 13.5. The van der Waals surface area contributed by atoms with Gasteiger partial charge in [-0.25, -0.2) is 0 Å². The van der Waals surface area contributed by atoms with Crippen LogP contribution in [0.5, 0.6) is 0 Å². The fraction of sp³-hybridized carbons (Fsp3) is 0.611. The van der Waals surface area contributed by atoms with E-state index >= 15 is 0 Å². The lowest BCUT2D eigenvalue weighted by molar-refractivity contribution is -0.907. The van der Waals surface area contributed by atoms with E-state index in [2.05, 4.69) is 26.1 Å². The van der Waals surface area contributed by atoms with E-state index in [1.54, 1.807) is 0 Å².